The molecule has 3 heteroatoms. The fraction of sp³-hybridized carbons (Fsp3) is 0.769. The molecule has 0 spiro atoms. The molecule has 0 amide bonds. The van der Waals surface area contributed by atoms with Crippen LogP contribution in [-0.2, 0) is 19.3 Å². The molecule has 3 rings (SSSR count). The molecule has 1 aromatic heterocycles. The van der Waals surface area contributed by atoms with Crippen molar-refractivity contribution >= 4 is 0 Å². The molecule has 0 saturated carbocycles. The Labute approximate surface area is 96.6 Å². The number of fused-ring (bicyclic) bond motifs is 1. The van der Waals surface area contributed by atoms with Crippen molar-refractivity contribution < 1.29 is 4.52 Å². The highest BCUT2D eigenvalue weighted by molar-refractivity contribution is 5.27. The molecule has 1 fully saturated rings. The third-order valence-corrected chi connectivity index (χ3v) is 4.03. The Balaban J connectivity index is 1.57. The lowest BCUT2D eigenvalue weighted by Crippen LogP contribution is -2.27. The van der Waals surface area contributed by atoms with Crippen LogP contribution in [0.25, 0.3) is 0 Å². The summed E-state index contributed by atoms with van der Waals surface area (Å²) in [5.41, 5.74) is 2.68. The Morgan fingerprint density at radius 3 is 3.00 bits per heavy atom. The van der Waals surface area contributed by atoms with E-state index in [0.29, 0.717) is 0 Å². The molecule has 1 aromatic rings. The number of aryl methyl sites for hydroxylation is 2. The number of piperidine rings is 1. The zero-order valence-corrected chi connectivity index (χ0v) is 9.80. The van der Waals surface area contributed by atoms with Gasteiger partial charge in [0.25, 0.3) is 0 Å². The predicted molar refractivity (Wildman–Crippen MR) is 62.4 cm³/mol. The standard InChI is InChI=1S/C13H20N2O/c1-2-11-12(3-1)15-16-13(11)5-4-10-6-8-14-9-7-10/h10,14H,1-9H2. The maximum Gasteiger partial charge on any atom is 0.140 e. The SMILES string of the molecule is C1Cc2noc(CCC3CCNCC3)c2C1. The maximum atomic E-state index is 5.46. The van der Waals surface area contributed by atoms with Gasteiger partial charge in [0.05, 0.1) is 5.69 Å². The molecule has 1 N–H and O–H groups in total. The number of hydrogen-bond acceptors (Lipinski definition) is 3. The van der Waals surface area contributed by atoms with E-state index in [1.165, 1.54) is 62.2 Å². The van der Waals surface area contributed by atoms with Gasteiger partial charge < -0.3 is 9.84 Å². The van der Waals surface area contributed by atoms with E-state index < -0.39 is 0 Å². The second-order valence-electron chi connectivity index (χ2n) is 5.12. The van der Waals surface area contributed by atoms with Gasteiger partial charge in [0.1, 0.15) is 5.76 Å². The summed E-state index contributed by atoms with van der Waals surface area (Å²) in [4.78, 5) is 0. The number of aromatic nitrogens is 1. The van der Waals surface area contributed by atoms with Gasteiger partial charge in [-0.15, -0.1) is 0 Å². The van der Waals surface area contributed by atoms with Crippen LogP contribution in [0.1, 0.15) is 42.7 Å². The van der Waals surface area contributed by atoms with Crippen LogP contribution in [0.4, 0.5) is 0 Å². The molecular formula is C13H20N2O. The summed E-state index contributed by atoms with van der Waals surface area (Å²) in [6, 6.07) is 0. The minimum absolute atomic E-state index is 0.892. The molecule has 16 heavy (non-hydrogen) atoms. The first kappa shape index (κ1) is 10.3. The van der Waals surface area contributed by atoms with Crippen molar-refractivity contribution in [3.63, 3.8) is 0 Å². The second kappa shape index (κ2) is 4.58. The molecule has 0 bridgehead atoms. The monoisotopic (exact) mass is 220 g/mol. The fourth-order valence-electron chi connectivity index (χ4n) is 3.00. The van der Waals surface area contributed by atoms with Crippen molar-refractivity contribution in [3.8, 4) is 0 Å². The smallest absolute Gasteiger partial charge is 0.140 e. The Kier molecular flexibility index (Phi) is 2.96. The second-order valence-corrected chi connectivity index (χ2v) is 5.12. The van der Waals surface area contributed by atoms with E-state index in [1.807, 2.05) is 0 Å². The normalized spacial score (nSPS) is 21.2. The summed E-state index contributed by atoms with van der Waals surface area (Å²) >= 11 is 0. The third kappa shape index (κ3) is 2.01. The van der Waals surface area contributed by atoms with Gasteiger partial charge >= 0.3 is 0 Å². The highest BCUT2D eigenvalue weighted by Crippen LogP contribution is 2.27. The minimum atomic E-state index is 0.892. The zero-order chi connectivity index (χ0) is 10.8. The van der Waals surface area contributed by atoms with Gasteiger partial charge in [0, 0.05) is 12.0 Å². The average molecular weight is 220 g/mol. The van der Waals surface area contributed by atoms with Crippen LogP contribution < -0.4 is 5.32 Å². The molecule has 3 nitrogen and oxygen atoms in total. The summed E-state index contributed by atoms with van der Waals surface area (Å²) in [7, 11) is 0. The Morgan fingerprint density at radius 2 is 2.12 bits per heavy atom. The third-order valence-electron chi connectivity index (χ3n) is 4.03. The minimum Gasteiger partial charge on any atom is -0.361 e. The predicted octanol–water partition coefficient (Wildman–Crippen LogP) is 2.10. The molecule has 1 aliphatic carbocycles. The molecule has 2 heterocycles. The van der Waals surface area contributed by atoms with Crippen LogP contribution in [0.3, 0.4) is 0 Å². The van der Waals surface area contributed by atoms with Crippen LogP contribution in [0.15, 0.2) is 4.52 Å². The van der Waals surface area contributed by atoms with Crippen LogP contribution in [0.5, 0.6) is 0 Å². The maximum absolute atomic E-state index is 5.46. The lowest BCUT2D eigenvalue weighted by molar-refractivity contribution is 0.324. The van der Waals surface area contributed by atoms with Gasteiger partial charge in [-0.25, -0.2) is 0 Å². The number of hydrogen-bond donors (Lipinski definition) is 1. The first-order valence-electron chi connectivity index (χ1n) is 6.60. The van der Waals surface area contributed by atoms with Crippen molar-refractivity contribution in [1.29, 1.82) is 0 Å². The topological polar surface area (TPSA) is 38.1 Å². The van der Waals surface area contributed by atoms with Crippen LogP contribution in [0, 0.1) is 5.92 Å². The van der Waals surface area contributed by atoms with Gasteiger partial charge in [-0.05, 0) is 57.5 Å². The summed E-state index contributed by atoms with van der Waals surface area (Å²) in [6.45, 7) is 2.39. The molecule has 2 aliphatic rings. The Morgan fingerprint density at radius 1 is 1.25 bits per heavy atom. The van der Waals surface area contributed by atoms with E-state index >= 15 is 0 Å². The van der Waals surface area contributed by atoms with Crippen molar-refractivity contribution in [3.05, 3.63) is 17.0 Å². The van der Waals surface area contributed by atoms with E-state index in [-0.39, 0.29) is 0 Å². The van der Waals surface area contributed by atoms with Gasteiger partial charge in [-0.2, -0.15) is 0 Å². The molecule has 1 aliphatic heterocycles. The molecular weight excluding hydrogens is 200 g/mol. The Hall–Kier alpha value is -0.830. The molecule has 88 valence electrons. The average Bonchev–Trinajstić information content (AvgIpc) is 2.90. The van der Waals surface area contributed by atoms with Crippen molar-refractivity contribution in [2.24, 2.45) is 5.92 Å². The van der Waals surface area contributed by atoms with E-state index in [9.17, 15) is 0 Å². The first-order valence-corrected chi connectivity index (χ1v) is 6.60. The number of nitrogens with zero attached hydrogens (tertiary/aromatic N) is 1. The van der Waals surface area contributed by atoms with Crippen LogP contribution in [0.2, 0.25) is 0 Å². The lowest BCUT2D eigenvalue weighted by atomic mass is 9.92. The fourth-order valence-corrected chi connectivity index (χ4v) is 3.00. The molecule has 0 radical (unpaired) electrons. The van der Waals surface area contributed by atoms with Crippen molar-refractivity contribution in [1.82, 2.24) is 10.5 Å². The zero-order valence-electron chi connectivity index (χ0n) is 9.80. The summed E-state index contributed by atoms with van der Waals surface area (Å²) in [5, 5.41) is 7.59. The van der Waals surface area contributed by atoms with E-state index in [2.05, 4.69) is 10.5 Å². The highest BCUT2D eigenvalue weighted by atomic mass is 16.5. The molecule has 0 unspecified atom stereocenters. The van der Waals surface area contributed by atoms with E-state index in [4.69, 9.17) is 4.52 Å². The number of nitrogens with one attached hydrogen (secondary N) is 1. The van der Waals surface area contributed by atoms with Gasteiger partial charge in [-0.1, -0.05) is 5.16 Å². The van der Waals surface area contributed by atoms with Gasteiger partial charge in [-0.3, -0.25) is 0 Å². The summed E-state index contributed by atoms with van der Waals surface area (Å²) in [5.74, 6) is 2.08. The van der Waals surface area contributed by atoms with E-state index in [1.54, 1.807) is 0 Å². The summed E-state index contributed by atoms with van der Waals surface area (Å²) in [6.07, 6.45) is 8.64. The van der Waals surface area contributed by atoms with Crippen molar-refractivity contribution in [2.45, 2.75) is 44.9 Å². The lowest BCUT2D eigenvalue weighted by Gasteiger charge is -2.21. The van der Waals surface area contributed by atoms with Crippen molar-refractivity contribution in [2.75, 3.05) is 13.1 Å². The number of rotatable bonds is 3. The van der Waals surface area contributed by atoms with Crippen LogP contribution >= 0.6 is 0 Å². The summed E-state index contributed by atoms with van der Waals surface area (Å²) < 4.78 is 5.46. The molecule has 0 atom stereocenters. The quantitative estimate of drug-likeness (QED) is 0.847. The van der Waals surface area contributed by atoms with Crippen LogP contribution in [-0.4, -0.2) is 18.2 Å². The highest BCUT2D eigenvalue weighted by Gasteiger charge is 2.21. The molecule has 0 aromatic carbocycles. The van der Waals surface area contributed by atoms with Gasteiger partial charge in [0.15, 0.2) is 0 Å². The first-order chi connectivity index (χ1) is 7.93. The van der Waals surface area contributed by atoms with Gasteiger partial charge in [0.2, 0.25) is 0 Å². The Bertz CT molecular complexity index is 353. The van der Waals surface area contributed by atoms with E-state index in [0.717, 1.165) is 18.8 Å². The molecule has 1 saturated heterocycles. The largest absolute Gasteiger partial charge is 0.361 e.